The molecule has 1 aliphatic heterocycles. The summed E-state index contributed by atoms with van der Waals surface area (Å²) in [6.07, 6.45) is 5.65. The van der Waals surface area contributed by atoms with Gasteiger partial charge in [0.05, 0.1) is 12.1 Å². The van der Waals surface area contributed by atoms with Gasteiger partial charge in [-0.15, -0.1) is 0 Å². The predicted octanol–water partition coefficient (Wildman–Crippen LogP) is 3.41. The SMILES string of the molecule is CNc1ccn(C)c(=O)n1.COC(=O)CNC(=O)N1C(C)CCCC1C.Cc1cccc(Cl)c1C=O. The van der Waals surface area contributed by atoms with Gasteiger partial charge in [-0.05, 0) is 57.7 Å². The molecule has 0 radical (unpaired) electrons. The number of carbonyl (C=O) groups is 3. The second kappa shape index (κ2) is 15.6. The van der Waals surface area contributed by atoms with Gasteiger partial charge < -0.3 is 24.8 Å². The van der Waals surface area contributed by atoms with Crippen molar-refractivity contribution >= 4 is 35.7 Å². The number of rotatable bonds is 4. The van der Waals surface area contributed by atoms with E-state index in [4.69, 9.17) is 11.6 Å². The molecule has 1 aromatic carbocycles. The number of esters is 1. The number of likely N-dealkylation sites (tertiary alicyclic amines) is 1. The Bertz CT molecular complexity index is 1040. The van der Waals surface area contributed by atoms with Crippen LogP contribution in [0.3, 0.4) is 0 Å². The summed E-state index contributed by atoms with van der Waals surface area (Å²) in [5.74, 6) is 0.175. The number of halogens is 1. The van der Waals surface area contributed by atoms with Crippen molar-refractivity contribution < 1.29 is 19.1 Å². The number of anilines is 1. The normalized spacial score (nSPS) is 16.4. The quantitative estimate of drug-likeness (QED) is 0.467. The Morgan fingerprint density at radius 1 is 1.22 bits per heavy atom. The zero-order chi connectivity index (χ0) is 27.3. The number of benzene rings is 1. The Morgan fingerprint density at radius 2 is 1.86 bits per heavy atom. The minimum absolute atomic E-state index is 0.0642. The molecule has 2 heterocycles. The van der Waals surface area contributed by atoms with Crippen LogP contribution in [0.4, 0.5) is 10.6 Å². The number of methoxy groups -OCH3 is 1. The van der Waals surface area contributed by atoms with Crippen LogP contribution in [0.5, 0.6) is 0 Å². The van der Waals surface area contributed by atoms with Gasteiger partial charge in [-0.2, -0.15) is 4.98 Å². The van der Waals surface area contributed by atoms with Crippen molar-refractivity contribution in [3.8, 4) is 0 Å². The maximum atomic E-state index is 11.8. The Hall–Kier alpha value is -3.40. The van der Waals surface area contributed by atoms with Gasteiger partial charge in [0.15, 0.2) is 6.29 Å². The molecule has 2 N–H and O–H groups in total. The van der Waals surface area contributed by atoms with Gasteiger partial charge in [0.25, 0.3) is 0 Å². The monoisotopic (exact) mass is 521 g/mol. The average molecular weight is 522 g/mol. The topological polar surface area (TPSA) is 123 Å². The number of carbonyl (C=O) groups excluding carboxylic acids is 3. The molecule has 11 heteroatoms. The van der Waals surface area contributed by atoms with Gasteiger partial charge >= 0.3 is 17.7 Å². The predicted molar refractivity (Wildman–Crippen MR) is 141 cm³/mol. The molecule has 0 aliphatic carbocycles. The lowest BCUT2D eigenvalue weighted by Crippen LogP contribution is -2.52. The van der Waals surface area contributed by atoms with E-state index in [1.807, 2.05) is 37.8 Å². The van der Waals surface area contributed by atoms with Gasteiger partial charge in [-0.3, -0.25) is 9.59 Å². The Morgan fingerprint density at radius 3 is 2.33 bits per heavy atom. The number of urea groups is 1. The van der Waals surface area contributed by atoms with Crippen molar-refractivity contribution in [2.45, 2.75) is 52.1 Å². The molecule has 1 saturated heterocycles. The third-order valence-corrected chi connectivity index (χ3v) is 5.99. The molecular formula is C25H36ClN5O5. The number of aryl methyl sites for hydroxylation is 2. The molecule has 3 rings (SSSR count). The van der Waals surface area contributed by atoms with Crippen LogP contribution in [0.15, 0.2) is 35.3 Å². The number of amides is 2. The van der Waals surface area contributed by atoms with Gasteiger partial charge in [0.1, 0.15) is 12.4 Å². The van der Waals surface area contributed by atoms with Gasteiger partial charge in [0.2, 0.25) is 0 Å². The van der Waals surface area contributed by atoms with E-state index in [1.54, 1.807) is 32.4 Å². The second-order valence-electron chi connectivity index (χ2n) is 8.32. The fourth-order valence-corrected chi connectivity index (χ4v) is 3.80. The molecule has 10 nitrogen and oxygen atoms in total. The summed E-state index contributed by atoms with van der Waals surface area (Å²) in [5.41, 5.74) is 1.26. The maximum Gasteiger partial charge on any atom is 0.349 e. The van der Waals surface area contributed by atoms with E-state index in [-0.39, 0.29) is 30.3 Å². The summed E-state index contributed by atoms with van der Waals surface area (Å²) in [6, 6.07) is 7.42. The summed E-state index contributed by atoms with van der Waals surface area (Å²) in [4.78, 5) is 49.4. The van der Waals surface area contributed by atoms with Crippen molar-refractivity contribution in [2.24, 2.45) is 7.05 Å². The minimum Gasteiger partial charge on any atom is -0.468 e. The molecule has 0 bridgehead atoms. The van der Waals surface area contributed by atoms with E-state index in [2.05, 4.69) is 20.4 Å². The lowest BCUT2D eigenvalue weighted by molar-refractivity contribution is -0.139. The number of ether oxygens (including phenoxy) is 1. The molecule has 36 heavy (non-hydrogen) atoms. The number of hydrogen-bond acceptors (Lipinski definition) is 7. The first-order valence-corrected chi connectivity index (χ1v) is 12.0. The first kappa shape index (κ1) is 30.6. The number of nitrogens with one attached hydrogen (secondary N) is 2. The zero-order valence-corrected chi connectivity index (χ0v) is 22.5. The number of nitrogens with zero attached hydrogens (tertiary/aromatic N) is 3. The van der Waals surface area contributed by atoms with Crippen molar-refractivity contribution in [3.63, 3.8) is 0 Å². The number of hydrogen-bond donors (Lipinski definition) is 2. The smallest absolute Gasteiger partial charge is 0.349 e. The molecule has 2 aromatic rings. The highest BCUT2D eigenvalue weighted by Gasteiger charge is 2.28. The van der Waals surface area contributed by atoms with E-state index in [1.165, 1.54) is 11.7 Å². The third kappa shape index (κ3) is 9.69. The molecule has 2 unspecified atom stereocenters. The van der Waals surface area contributed by atoms with E-state index >= 15 is 0 Å². The van der Waals surface area contributed by atoms with Crippen molar-refractivity contribution in [3.05, 3.63) is 57.1 Å². The van der Waals surface area contributed by atoms with Gasteiger partial charge in [-0.1, -0.05) is 23.7 Å². The van der Waals surface area contributed by atoms with Crippen LogP contribution >= 0.6 is 11.6 Å². The first-order chi connectivity index (χ1) is 17.0. The number of piperidine rings is 1. The van der Waals surface area contributed by atoms with E-state index in [0.717, 1.165) is 31.1 Å². The standard InChI is InChI=1S/C11H20N2O3.C8H7ClO.C6H9N3O/c1-8-5-4-6-9(2)13(8)11(15)12-7-10(14)16-3;1-6-3-2-4-8(9)7(6)5-10;1-7-5-3-4-9(2)6(10)8-5/h8-9H,4-7H2,1-3H3,(H,12,15);2-5H,1H3;3-4H,1-2H3,(H,7,8,10). The fraction of sp³-hybridized carbons (Fsp3) is 0.480. The molecule has 1 aromatic heterocycles. The lowest BCUT2D eigenvalue weighted by Gasteiger charge is -2.38. The molecule has 0 spiro atoms. The summed E-state index contributed by atoms with van der Waals surface area (Å²) >= 11 is 5.70. The molecular weight excluding hydrogens is 486 g/mol. The fourth-order valence-electron chi connectivity index (χ4n) is 3.53. The molecule has 1 fully saturated rings. The third-order valence-electron chi connectivity index (χ3n) is 5.66. The van der Waals surface area contributed by atoms with Gasteiger partial charge in [-0.25, -0.2) is 9.59 Å². The van der Waals surface area contributed by atoms with Crippen molar-refractivity contribution in [2.75, 3.05) is 26.0 Å². The van der Waals surface area contributed by atoms with Crippen LogP contribution in [-0.4, -0.2) is 65.5 Å². The van der Waals surface area contributed by atoms with Crippen LogP contribution in [0, 0.1) is 6.92 Å². The van der Waals surface area contributed by atoms with E-state index in [0.29, 0.717) is 16.4 Å². The molecule has 198 valence electrons. The Labute approximate surface area is 217 Å². The highest BCUT2D eigenvalue weighted by Crippen LogP contribution is 2.22. The number of aromatic nitrogens is 2. The van der Waals surface area contributed by atoms with Crippen LogP contribution in [0.2, 0.25) is 5.02 Å². The summed E-state index contributed by atoms with van der Waals surface area (Å²) < 4.78 is 5.89. The molecule has 2 amide bonds. The summed E-state index contributed by atoms with van der Waals surface area (Å²) in [5, 5.41) is 5.87. The van der Waals surface area contributed by atoms with Gasteiger partial charge in [0, 0.05) is 37.9 Å². The van der Waals surface area contributed by atoms with E-state index < -0.39 is 5.97 Å². The Balaban J connectivity index is 0.000000282. The molecule has 2 atom stereocenters. The van der Waals surface area contributed by atoms with Crippen molar-refractivity contribution in [1.29, 1.82) is 0 Å². The average Bonchev–Trinajstić information content (AvgIpc) is 2.85. The largest absolute Gasteiger partial charge is 0.468 e. The Kier molecular flexibility index (Phi) is 13.2. The van der Waals surface area contributed by atoms with Crippen molar-refractivity contribution in [1.82, 2.24) is 19.8 Å². The zero-order valence-electron chi connectivity index (χ0n) is 21.7. The lowest BCUT2D eigenvalue weighted by atomic mass is 9.98. The molecule has 1 aliphatic rings. The second-order valence-corrected chi connectivity index (χ2v) is 8.72. The highest BCUT2D eigenvalue weighted by atomic mass is 35.5. The summed E-state index contributed by atoms with van der Waals surface area (Å²) in [6.45, 7) is 5.86. The first-order valence-electron chi connectivity index (χ1n) is 11.6. The van der Waals surface area contributed by atoms with Crippen LogP contribution in [0.25, 0.3) is 0 Å². The maximum absolute atomic E-state index is 11.8. The summed E-state index contributed by atoms with van der Waals surface area (Å²) in [7, 11) is 4.69. The van der Waals surface area contributed by atoms with Crippen LogP contribution < -0.4 is 16.3 Å². The molecule has 0 saturated carbocycles. The van der Waals surface area contributed by atoms with E-state index in [9.17, 15) is 19.2 Å². The van der Waals surface area contributed by atoms with Crippen LogP contribution in [0.1, 0.15) is 49.0 Å². The minimum atomic E-state index is -0.425. The van der Waals surface area contributed by atoms with Crippen LogP contribution in [-0.2, 0) is 16.6 Å². The highest BCUT2D eigenvalue weighted by molar-refractivity contribution is 6.33. The number of aldehydes is 1.